The number of urea groups is 1. The van der Waals surface area contributed by atoms with Crippen molar-refractivity contribution in [3.63, 3.8) is 0 Å². The SMILES string of the molecule is CN1CCN(c2ccc(CCCO)cc2)C1=O. The Morgan fingerprint density at radius 3 is 2.47 bits per heavy atom. The summed E-state index contributed by atoms with van der Waals surface area (Å²) in [7, 11) is 1.82. The smallest absolute Gasteiger partial charge is 0.324 e. The first-order chi connectivity index (χ1) is 8.22. The number of aliphatic hydroxyl groups is 1. The number of benzene rings is 1. The van der Waals surface area contributed by atoms with Crippen LogP contribution in [0, 0.1) is 0 Å². The molecule has 1 saturated heterocycles. The van der Waals surface area contributed by atoms with E-state index >= 15 is 0 Å². The number of hydrogen-bond acceptors (Lipinski definition) is 2. The van der Waals surface area contributed by atoms with E-state index in [0.717, 1.165) is 31.6 Å². The van der Waals surface area contributed by atoms with Crippen molar-refractivity contribution in [3.8, 4) is 0 Å². The van der Waals surface area contributed by atoms with E-state index in [1.54, 1.807) is 9.80 Å². The van der Waals surface area contributed by atoms with Gasteiger partial charge < -0.3 is 10.0 Å². The minimum atomic E-state index is 0.0631. The Kier molecular flexibility index (Phi) is 3.64. The summed E-state index contributed by atoms with van der Waals surface area (Å²) in [5.74, 6) is 0. The summed E-state index contributed by atoms with van der Waals surface area (Å²) in [6.45, 7) is 1.76. The van der Waals surface area contributed by atoms with Gasteiger partial charge in [0, 0.05) is 32.4 Å². The average molecular weight is 234 g/mol. The van der Waals surface area contributed by atoms with E-state index in [1.807, 2.05) is 31.3 Å². The highest BCUT2D eigenvalue weighted by Crippen LogP contribution is 2.20. The number of carbonyl (C=O) groups excluding carboxylic acids is 1. The molecule has 1 N–H and O–H groups in total. The molecule has 0 radical (unpaired) electrons. The number of amides is 2. The second kappa shape index (κ2) is 5.19. The molecule has 1 aromatic carbocycles. The molecule has 1 aliphatic heterocycles. The van der Waals surface area contributed by atoms with Gasteiger partial charge in [-0.1, -0.05) is 12.1 Å². The van der Waals surface area contributed by atoms with Gasteiger partial charge in [0.05, 0.1) is 0 Å². The third kappa shape index (κ3) is 2.58. The molecule has 1 aromatic rings. The van der Waals surface area contributed by atoms with Crippen molar-refractivity contribution in [1.29, 1.82) is 0 Å². The van der Waals surface area contributed by atoms with Gasteiger partial charge in [0.15, 0.2) is 0 Å². The fourth-order valence-corrected chi connectivity index (χ4v) is 2.01. The minimum absolute atomic E-state index is 0.0631. The number of aliphatic hydroxyl groups excluding tert-OH is 1. The molecule has 2 rings (SSSR count). The molecule has 0 aromatic heterocycles. The molecule has 0 aliphatic carbocycles. The average Bonchev–Trinajstić information content (AvgIpc) is 2.68. The predicted molar refractivity (Wildman–Crippen MR) is 67.2 cm³/mol. The van der Waals surface area contributed by atoms with Crippen LogP contribution in [0.1, 0.15) is 12.0 Å². The van der Waals surface area contributed by atoms with Crippen LogP contribution in [0.2, 0.25) is 0 Å². The van der Waals surface area contributed by atoms with E-state index in [1.165, 1.54) is 5.56 Å². The van der Waals surface area contributed by atoms with Crippen molar-refractivity contribution in [1.82, 2.24) is 4.90 Å². The maximum Gasteiger partial charge on any atom is 0.324 e. The summed E-state index contributed by atoms with van der Waals surface area (Å²) in [5, 5.41) is 8.76. The van der Waals surface area contributed by atoms with Gasteiger partial charge in [-0.3, -0.25) is 4.90 Å². The molecule has 0 saturated carbocycles. The molecule has 0 atom stereocenters. The van der Waals surface area contributed by atoms with Crippen LogP contribution >= 0.6 is 0 Å². The molecule has 4 nitrogen and oxygen atoms in total. The molecule has 1 aliphatic rings. The largest absolute Gasteiger partial charge is 0.396 e. The zero-order chi connectivity index (χ0) is 12.3. The van der Waals surface area contributed by atoms with Crippen LogP contribution in [0.3, 0.4) is 0 Å². The fourth-order valence-electron chi connectivity index (χ4n) is 2.01. The van der Waals surface area contributed by atoms with Crippen molar-refractivity contribution in [2.24, 2.45) is 0 Å². The lowest BCUT2D eigenvalue weighted by Gasteiger charge is -2.16. The molecule has 0 spiro atoms. The molecule has 0 bridgehead atoms. The lowest BCUT2D eigenvalue weighted by Crippen LogP contribution is -2.29. The van der Waals surface area contributed by atoms with Crippen LogP contribution in [-0.4, -0.2) is 42.8 Å². The zero-order valence-corrected chi connectivity index (χ0v) is 10.1. The summed E-state index contributed by atoms with van der Waals surface area (Å²) in [6.07, 6.45) is 1.66. The van der Waals surface area contributed by atoms with Crippen LogP contribution in [0.25, 0.3) is 0 Å². The van der Waals surface area contributed by atoms with Crippen LogP contribution < -0.4 is 4.90 Å². The predicted octanol–water partition coefficient (Wildman–Crippen LogP) is 1.48. The van der Waals surface area contributed by atoms with Gasteiger partial charge >= 0.3 is 6.03 Å². The van der Waals surface area contributed by atoms with Crippen molar-refractivity contribution < 1.29 is 9.90 Å². The maximum absolute atomic E-state index is 11.8. The van der Waals surface area contributed by atoms with Gasteiger partial charge in [0.2, 0.25) is 0 Å². The Morgan fingerprint density at radius 1 is 1.24 bits per heavy atom. The number of aryl methyl sites for hydroxylation is 1. The summed E-state index contributed by atoms with van der Waals surface area (Å²) < 4.78 is 0. The summed E-state index contributed by atoms with van der Waals surface area (Å²) in [5.41, 5.74) is 2.15. The fraction of sp³-hybridized carbons (Fsp3) is 0.462. The Morgan fingerprint density at radius 2 is 1.94 bits per heavy atom. The van der Waals surface area contributed by atoms with Gasteiger partial charge in [0.1, 0.15) is 0 Å². The quantitative estimate of drug-likeness (QED) is 0.857. The first-order valence-corrected chi connectivity index (χ1v) is 5.95. The summed E-state index contributed by atoms with van der Waals surface area (Å²) in [4.78, 5) is 15.3. The Bertz CT molecular complexity index is 389. The van der Waals surface area contributed by atoms with Crippen molar-refractivity contribution in [3.05, 3.63) is 29.8 Å². The molecule has 0 unspecified atom stereocenters. The van der Waals surface area contributed by atoms with E-state index in [4.69, 9.17) is 5.11 Å². The molecule has 17 heavy (non-hydrogen) atoms. The molecule has 2 amide bonds. The summed E-state index contributed by atoms with van der Waals surface area (Å²) >= 11 is 0. The summed E-state index contributed by atoms with van der Waals surface area (Å²) in [6, 6.07) is 8.06. The third-order valence-corrected chi connectivity index (χ3v) is 3.09. The minimum Gasteiger partial charge on any atom is -0.396 e. The lowest BCUT2D eigenvalue weighted by molar-refractivity contribution is 0.229. The standard InChI is InChI=1S/C13H18N2O2/c1-14-8-9-15(13(14)17)12-6-4-11(5-7-12)3-2-10-16/h4-7,16H,2-3,8-10H2,1H3. The first kappa shape index (κ1) is 11.9. The Labute approximate surface area is 101 Å². The number of carbonyl (C=O) groups is 1. The van der Waals surface area contributed by atoms with Crippen LogP contribution in [-0.2, 0) is 6.42 Å². The third-order valence-electron chi connectivity index (χ3n) is 3.09. The number of nitrogens with zero attached hydrogens (tertiary/aromatic N) is 2. The highest BCUT2D eigenvalue weighted by molar-refractivity contribution is 5.93. The van der Waals surface area contributed by atoms with Crippen molar-refractivity contribution in [2.45, 2.75) is 12.8 Å². The first-order valence-electron chi connectivity index (χ1n) is 5.95. The zero-order valence-electron chi connectivity index (χ0n) is 10.1. The topological polar surface area (TPSA) is 43.8 Å². The van der Waals surface area contributed by atoms with Crippen LogP contribution in [0.5, 0.6) is 0 Å². The lowest BCUT2D eigenvalue weighted by atomic mass is 10.1. The van der Waals surface area contributed by atoms with E-state index in [9.17, 15) is 4.79 Å². The van der Waals surface area contributed by atoms with Crippen molar-refractivity contribution in [2.75, 3.05) is 31.6 Å². The second-order valence-corrected chi connectivity index (χ2v) is 4.35. The number of hydrogen-bond donors (Lipinski definition) is 1. The highest BCUT2D eigenvalue weighted by Gasteiger charge is 2.26. The molecular formula is C13H18N2O2. The van der Waals surface area contributed by atoms with Gasteiger partial charge in [-0.2, -0.15) is 0 Å². The number of anilines is 1. The molecule has 4 heteroatoms. The molecule has 1 heterocycles. The van der Waals surface area contributed by atoms with Gasteiger partial charge in [0.25, 0.3) is 0 Å². The second-order valence-electron chi connectivity index (χ2n) is 4.35. The normalized spacial score (nSPS) is 15.8. The van der Waals surface area contributed by atoms with Gasteiger partial charge in [-0.25, -0.2) is 4.79 Å². The van der Waals surface area contributed by atoms with E-state index in [2.05, 4.69) is 0 Å². The van der Waals surface area contributed by atoms with Gasteiger partial charge in [-0.05, 0) is 30.5 Å². The molecule has 92 valence electrons. The molecular weight excluding hydrogens is 216 g/mol. The monoisotopic (exact) mass is 234 g/mol. The van der Waals surface area contributed by atoms with E-state index < -0.39 is 0 Å². The van der Waals surface area contributed by atoms with E-state index in [0.29, 0.717) is 0 Å². The van der Waals surface area contributed by atoms with Crippen molar-refractivity contribution >= 4 is 11.7 Å². The van der Waals surface area contributed by atoms with Crippen LogP contribution in [0.15, 0.2) is 24.3 Å². The Balaban J connectivity index is 2.05. The van der Waals surface area contributed by atoms with Gasteiger partial charge in [-0.15, -0.1) is 0 Å². The number of rotatable bonds is 4. The highest BCUT2D eigenvalue weighted by atomic mass is 16.2. The van der Waals surface area contributed by atoms with Crippen LogP contribution in [0.4, 0.5) is 10.5 Å². The molecule has 1 fully saturated rings. The number of likely N-dealkylation sites (N-methyl/N-ethyl adjacent to an activating group) is 1. The Hall–Kier alpha value is -1.55. The van der Waals surface area contributed by atoms with E-state index in [-0.39, 0.29) is 12.6 Å². The maximum atomic E-state index is 11.8.